The van der Waals surface area contributed by atoms with Crippen molar-refractivity contribution in [2.45, 2.75) is 13.3 Å². The Labute approximate surface area is 71.5 Å². The molecule has 0 heterocycles. The van der Waals surface area contributed by atoms with E-state index in [2.05, 4.69) is 11.8 Å². The van der Waals surface area contributed by atoms with Crippen LogP contribution in [0.1, 0.15) is 18.9 Å². The van der Waals surface area contributed by atoms with Crippen LogP contribution in [0.3, 0.4) is 0 Å². The quantitative estimate of drug-likeness (QED) is 0.451. The van der Waals surface area contributed by atoms with E-state index in [4.69, 9.17) is 10.2 Å². The Kier molecular flexibility index (Phi) is 2.60. The van der Waals surface area contributed by atoms with Gasteiger partial charge in [-0.1, -0.05) is 18.8 Å². The molecule has 0 spiro atoms. The molecule has 12 heavy (non-hydrogen) atoms. The lowest BCUT2D eigenvalue weighted by molar-refractivity contribution is 0.403. The number of benzene rings is 1. The predicted octanol–water partition coefficient (Wildman–Crippen LogP) is 1.86. The fourth-order valence-corrected chi connectivity index (χ4v) is 0.792. The summed E-state index contributed by atoms with van der Waals surface area (Å²) in [6.07, 6.45) is 0.779. The molecule has 0 radical (unpaired) electrons. The molecule has 0 aliphatic heterocycles. The van der Waals surface area contributed by atoms with E-state index < -0.39 is 0 Å². The van der Waals surface area contributed by atoms with Crippen LogP contribution in [0.2, 0.25) is 0 Å². The van der Waals surface area contributed by atoms with Crippen molar-refractivity contribution in [2.75, 3.05) is 0 Å². The molecule has 2 nitrogen and oxygen atoms in total. The number of hydrogen-bond donors (Lipinski definition) is 2. The van der Waals surface area contributed by atoms with E-state index in [9.17, 15) is 0 Å². The van der Waals surface area contributed by atoms with Gasteiger partial charge in [-0.3, -0.25) is 0 Å². The molecule has 0 atom stereocenters. The highest BCUT2D eigenvalue weighted by molar-refractivity contribution is 5.46. The second kappa shape index (κ2) is 3.68. The molecule has 62 valence electrons. The standard InChI is InChI=1S/C10H10O2/c1-2-3-4-8-5-6-9(11)10(12)7-8/h5-7,11-12H,2H2,1H3. The van der Waals surface area contributed by atoms with Crippen molar-refractivity contribution in [3.05, 3.63) is 23.8 Å². The van der Waals surface area contributed by atoms with Gasteiger partial charge in [0, 0.05) is 12.0 Å². The van der Waals surface area contributed by atoms with Crippen molar-refractivity contribution in [2.24, 2.45) is 0 Å². The lowest BCUT2D eigenvalue weighted by Crippen LogP contribution is -1.74. The maximum atomic E-state index is 9.08. The summed E-state index contributed by atoms with van der Waals surface area (Å²) in [4.78, 5) is 0. The minimum Gasteiger partial charge on any atom is -0.504 e. The first-order chi connectivity index (χ1) is 5.74. The van der Waals surface area contributed by atoms with E-state index >= 15 is 0 Å². The summed E-state index contributed by atoms with van der Waals surface area (Å²) in [6, 6.07) is 4.53. The third kappa shape index (κ3) is 1.93. The van der Waals surface area contributed by atoms with Gasteiger partial charge in [-0.2, -0.15) is 0 Å². The van der Waals surface area contributed by atoms with Gasteiger partial charge in [-0.25, -0.2) is 0 Å². The van der Waals surface area contributed by atoms with Crippen LogP contribution in [0.15, 0.2) is 18.2 Å². The van der Waals surface area contributed by atoms with Gasteiger partial charge in [0.25, 0.3) is 0 Å². The maximum absolute atomic E-state index is 9.08. The van der Waals surface area contributed by atoms with Crippen molar-refractivity contribution < 1.29 is 10.2 Å². The molecule has 0 aliphatic rings. The smallest absolute Gasteiger partial charge is 0.158 e. The van der Waals surface area contributed by atoms with E-state index in [0.717, 1.165) is 6.42 Å². The molecule has 1 aromatic carbocycles. The summed E-state index contributed by atoms with van der Waals surface area (Å²) in [5.41, 5.74) is 0.715. The third-order valence-corrected chi connectivity index (χ3v) is 1.38. The van der Waals surface area contributed by atoms with Crippen LogP contribution in [-0.4, -0.2) is 10.2 Å². The highest BCUT2D eigenvalue weighted by atomic mass is 16.3. The van der Waals surface area contributed by atoms with Gasteiger partial charge in [0.2, 0.25) is 0 Å². The summed E-state index contributed by atoms with van der Waals surface area (Å²) < 4.78 is 0. The fourth-order valence-electron chi connectivity index (χ4n) is 0.792. The first kappa shape index (κ1) is 8.48. The molecule has 0 unspecified atom stereocenters. The maximum Gasteiger partial charge on any atom is 0.158 e. The largest absolute Gasteiger partial charge is 0.504 e. The second-order valence-electron chi connectivity index (χ2n) is 2.36. The molecule has 2 N–H and O–H groups in total. The summed E-state index contributed by atoms with van der Waals surface area (Å²) in [6.45, 7) is 1.95. The Morgan fingerprint density at radius 2 is 2.00 bits per heavy atom. The van der Waals surface area contributed by atoms with Gasteiger partial charge >= 0.3 is 0 Å². The lowest BCUT2D eigenvalue weighted by atomic mass is 10.2. The van der Waals surface area contributed by atoms with Crippen molar-refractivity contribution in [3.8, 4) is 23.3 Å². The van der Waals surface area contributed by atoms with Crippen LogP contribution in [0.4, 0.5) is 0 Å². The molecule has 1 aromatic rings. The Hall–Kier alpha value is -1.62. The van der Waals surface area contributed by atoms with Gasteiger partial charge in [0.1, 0.15) is 0 Å². The highest BCUT2D eigenvalue weighted by Gasteiger charge is 1.96. The zero-order valence-electron chi connectivity index (χ0n) is 6.83. The summed E-state index contributed by atoms with van der Waals surface area (Å²) >= 11 is 0. The number of rotatable bonds is 0. The van der Waals surface area contributed by atoms with Crippen molar-refractivity contribution in [3.63, 3.8) is 0 Å². The van der Waals surface area contributed by atoms with Crippen molar-refractivity contribution in [1.82, 2.24) is 0 Å². The third-order valence-electron chi connectivity index (χ3n) is 1.38. The monoisotopic (exact) mass is 162 g/mol. The lowest BCUT2D eigenvalue weighted by Gasteiger charge is -1.95. The van der Waals surface area contributed by atoms with Gasteiger partial charge in [0.15, 0.2) is 11.5 Å². The SMILES string of the molecule is CCC#Cc1ccc(O)c(O)c1. The van der Waals surface area contributed by atoms with Crippen molar-refractivity contribution in [1.29, 1.82) is 0 Å². The van der Waals surface area contributed by atoms with E-state index in [-0.39, 0.29) is 11.5 Å². The highest BCUT2D eigenvalue weighted by Crippen LogP contribution is 2.24. The molecule has 0 bridgehead atoms. The van der Waals surface area contributed by atoms with Crippen LogP contribution >= 0.6 is 0 Å². The van der Waals surface area contributed by atoms with Crippen LogP contribution in [0.25, 0.3) is 0 Å². The summed E-state index contributed by atoms with van der Waals surface area (Å²) in [5, 5.41) is 18.1. The number of hydrogen-bond acceptors (Lipinski definition) is 2. The molecule has 0 amide bonds. The zero-order chi connectivity index (χ0) is 8.97. The minimum absolute atomic E-state index is 0.114. The van der Waals surface area contributed by atoms with Crippen LogP contribution in [0.5, 0.6) is 11.5 Å². The number of aromatic hydroxyl groups is 2. The van der Waals surface area contributed by atoms with Crippen LogP contribution in [0, 0.1) is 11.8 Å². The first-order valence-corrected chi connectivity index (χ1v) is 3.75. The number of phenols is 2. The first-order valence-electron chi connectivity index (χ1n) is 3.75. The Balaban J connectivity index is 2.97. The van der Waals surface area contributed by atoms with Gasteiger partial charge in [0.05, 0.1) is 0 Å². The Morgan fingerprint density at radius 1 is 1.25 bits per heavy atom. The van der Waals surface area contributed by atoms with E-state index in [1.165, 1.54) is 12.1 Å². The Morgan fingerprint density at radius 3 is 2.58 bits per heavy atom. The van der Waals surface area contributed by atoms with Gasteiger partial charge in [-0.15, -0.1) is 0 Å². The predicted molar refractivity (Wildman–Crippen MR) is 46.9 cm³/mol. The van der Waals surface area contributed by atoms with Gasteiger partial charge in [-0.05, 0) is 18.2 Å². The normalized spacial score (nSPS) is 8.75. The molecular weight excluding hydrogens is 152 g/mol. The fraction of sp³-hybridized carbons (Fsp3) is 0.200. The van der Waals surface area contributed by atoms with E-state index in [0.29, 0.717) is 5.56 Å². The van der Waals surface area contributed by atoms with Crippen LogP contribution < -0.4 is 0 Å². The molecule has 0 aliphatic carbocycles. The Bertz CT molecular complexity index is 331. The van der Waals surface area contributed by atoms with E-state index in [1.54, 1.807) is 6.07 Å². The summed E-state index contributed by atoms with van der Waals surface area (Å²) in [7, 11) is 0. The molecular formula is C10H10O2. The minimum atomic E-state index is -0.127. The molecule has 0 saturated heterocycles. The van der Waals surface area contributed by atoms with Gasteiger partial charge < -0.3 is 10.2 Å². The topological polar surface area (TPSA) is 40.5 Å². The van der Waals surface area contributed by atoms with Crippen molar-refractivity contribution >= 4 is 0 Å². The molecule has 0 aromatic heterocycles. The molecule has 1 rings (SSSR count). The average molecular weight is 162 g/mol. The second-order valence-corrected chi connectivity index (χ2v) is 2.36. The summed E-state index contributed by atoms with van der Waals surface area (Å²) in [5.74, 6) is 5.47. The molecule has 0 saturated carbocycles. The zero-order valence-corrected chi connectivity index (χ0v) is 6.83. The van der Waals surface area contributed by atoms with E-state index in [1.807, 2.05) is 6.92 Å². The average Bonchev–Trinajstić information content (AvgIpc) is 2.07. The molecule has 0 fully saturated rings. The number of phenolic OH excluding ortho intramolecular Hbond substituents is 2. The van der Waals surface area contributed by atoms with Crippen LogP contribution in [-0.2, 0) is 0 Å². The molecule has 2 heteroatoms.